The van der Waals surface area contributed by atoms with Gasteiger partial charge in [0.25, 0.3) is 0 Å². The van der Waals surface area contributed by atoms with Crippen molar-refractivity contribution in [3.8, 4) is 11.4 Å². The number of benzene rings is 1. The van der Waals surface area contributed by atoms with Gasteiger partial charge in [0.1, 0.15) is 11.5 Å². The van der Waals surface area contributed by atoms with Crippen molar-refractivity contribution in [3.63, 3.8) is 0 Å². The Labute approximate surface area is 146 Å². The third kappa shape index (κ3) is 2.50. The van der Waals surface area contributed by atoms with Crippen LogP contribution in [-0.4, -0.2) is 24.3 Å². The van der Waals surface area contributed by atoms with Crippen LogP contribution in [0.1, 0.15) is 0 Å². The average Bonchev–Trinajstić information content (AvgIpc) is 3.28. The van der Waals surface area contributed by atoms with Gasteiger partial charge in [-0.05, 0) is 24.3 Å². The van der Waals surface area contributed by atoms with Gasteiger partial charge in [-0.3, -0.25) is 4.40 Å². The molecule has 0 saturated heterocycles. The second-order valence-corrected chi connectivity index (χ2v) is 6.34. The number of aromatic nitrogens is 5. The van der Waals surface area contributed by atoms with Crippen LogP contribution >= 0.6 is 11.3 Å². The lowest BCUT2D eigenvalue weighted by atomic mass is 10.2. The molecule has 6 nitrogen and oxygen atoms in total. The maximum absolute atomic E-state index is 4.66. The smallest absolute Gasteiger partial charge is 0.234 e. The monoisotopic (exact) mass is 344 g/mol. The molecule has 1 N–H and O–H groups in total. The van der Waals surface area contributed by atoms with E-state index in [1.165, 1.54) is 11.3 Å². The number of rotatable bonds is 3. The van der Waals surface area contributed by atoms with Gasteiger partial charge in [0, 0.05) is 23.2 Å². The molecule has 0 radical (unpaired) electrons. The molecular formula is C18H12N6S. The van der Waals surface area contributed by atoms with Gasteiger partial charge < -0.3 is 5.32 Å². The highest BCUT2D eigenvalue weighted by Gasteiger charge is 2.10. The molecule has 7 heteroatoms. The number of imidazole rings is 1. The average molecular weight is 344 g/mol. The summed E-state index contributed by atoms with van der Waals surface area (Å²) in [6.07, 6.45) is 5.45. The number of para-hydroxylation sites is 1. The number of nitrogens with zero attached hydrogens (tertiary/aromatic N) is 5. The first-order chi connectivity index (χ1) is 12.4. The minimum Gasteiger partial charge on any atom is -0.316 e. The van der Waals surface area contributed by atoms with Crippen molar-refractivity contribution in [2.24, 2.45) is 0 Å². The highest BCUT2D eigenvalue weighted by atomic mass is 32.1. The fraction of sp³-hybridized carbons (Fsp3) is 0. The van der Waals surface area contributed by atoms with E-state index in [1.54, 1.807) is 12.4 Å². The van der Waals surface area contributed by atoms with Gasteiger partial charge >= 0.3 is 0 Å². The van der Waals surface area contributed by atoms with E-state index in [2.05, 4.69) is 31.3 Å². The lowest BCUT2D eigenvalue weighted by Gasteiger charge is -2.03. The van der Waals surface area contributed by atoms with E-state index in [9.17, 15) is 0 Å². The van der Waals surface area contributed by atoms with Crippen LogP contribution in [0.25, 0.3) is 28.1 Å². The molecule has 0 fully saturated rings. The minimum atomic E-state index is 0.663. The van der Waals surface area contributed by atoms with Crippen molar-refractivity contribution in [3.05, 3.63) is 66.4 Å². The molecule has 5 aromatic rings. The molecule has 0 atom stereocenters. The topological polar surface area (TPSA) is 68.0 Å². The maximum atomic E-state index is 4.66. The van der Waals surface area contributed by atoms with E-state index in [0.29, 0.717) is 5.78 Å². The Kier molecular flexibility index (Phi) is 3.17. The SMILES string of the molecule is c1ccc2nc(Nc3nc(-c4cnc5ncccn45)cs3)ccc2c1. The number of hydrogen-bond donors (Lipinski definition) is 1. The van der Waals surface area contributed by atoms with Crippen molar-refractivity contribution >= 4 is 39.0 Å². The molecule has 120 valence electrons. The van der Waals surface area contributed by atoms with Crippen LogP contribution in [0.5, 0.6) is 0 Å². The van der Waals surface area contributed by atoms with Crippen LogP contribution in [0.2, 0.25) is 0 Å². The van der Waals surface area contributed by atoms with E-state index >= 15 is 0 Å². The lowest BCUT2D eigenvalue weighted by Crippen LogP contribution is -1.94. The van der Waals surface area contributed by atoms with Crippen molar-refractivity contribution in [2.45, 2.75) is 0 Å². The van der Waals surface area contributed by atoms with Crippen molar-refractivity contribution < 1.29 is 0 Å². The van der Waals surface area contributed by atoms with Crippen molar-refractivity contribution in [1.82, 2.24) is 24.3 Å². The Morgan fingerprint density at radius 3 is 2.92 bits per heavy atom. The first kappa shape index (κ1) is 14.1. The summed E-state index contributed by atoms with van der Waals surface area (Å²) in [6.45, 7) is 0. The molecule has 4 heterocycles. The summed E-state index contributed by atoms with van der Waals surface area (Å²) in [5.74, 6) is 1.44. The molecule has 0 amide bonds. The molecule has 0 spiro atoms. The predicted octanol–water partition coefficient (Wildman–Crippen LogP) is 4.14. The normalized spacial score (nSPS) is 11.2. The number of thiazole rings is 1. The minimum absolute atomic E-state index is 0.663. The first-order valence-corrected chi connectivity index (χ1v) is 8.61. The number of fused-ring (bicyclic) bond motifs is 2. The zero-order valence-corrected chi connectivity index (χ0v) is 13.8. The summed E-state index contributed by atoms with van der Waals surface area (Å²) in [5, 5.41) is 7.18. The van der Waals surface area contributed by atoms with E-state index in [4.69, 9.17) is 0 Å². The van der Waals surface area contributed by atoms with Gasteiger partial charge in [-0.15, -0.1) is 11.3 Å². The Hall–Kier alpha value is -3.32. The van der Waals surface area contributed by atoms with Crippen LogP contribution in [0.4, 0.5) is 10.9 Å². The second-order valence-electron chi connectivity index (χ2n) is 5.49. The molecule has 25 heavy (non-hydrogen) atoms. The maximum Gasteiger partial charge on any atom is 0.234 e. The Morgan fingerprint density at radius 2 is 1.92 bits per heavy atom. The molecule has 0 saturated carbocycles. The lowest BCUT2D eigenvalue weighted by molar-refractivity contribution is 1.11. The molecule has 0 aliphatic heterocycles. The zero-order chi connectivity index (χ0) is 16.6. The highest BCUT2D eigenvalue weighted by Crippen LogP contribution is 2.27. The van der Waals surface area contributed by atoms with Gasteiger partial charge in [0.2, 0.25) is 5.78 Å². The van der Waals surface area contributed by atoms with Crippen molar-refractivity contribution in [2.75, 3.05) is 5.32 Å². The van der Waals surface area contributed by atoms with E-state index in [1.807, 2.05) is 52.4 Å². The Morgan fingerprint density at radius 1 is 0.960 bits per heavy atom. The highest BCUT2D eigenvalue weighted by molar-refractivity contribution is 7.14. The molecular weight excluding hydrogens is 332 g/mol. The number of pyridine rings is 1. The standard InChI is InChI=1S/C18H12N6S/c1-2-5-13-12(4-1)6-7-16(21-13)23-18-22-14(11-25-18)15-10-20-17-19-8-3-9-24(15)17/h1-11H,(H,21,22,23). The Balaban J connectivity index is 1.47. The summed E-state index contributed by atoms with van der Waals surface area (Å²) < 4.78 is 1.92. The van der Waals surface area contributed by atoms with Gasteiger partial charge in [-0.25, -0.2) is 19.9 Å². The van der Waals surface area contributed by atoms with Gasteiger partial charge in [-0.1, -0.05) is 18.2 Å². The largest absolute Gasteiger partial charge is 0.316 e. The number of anilines is 2. The van der Waals surface area contributed by atoms with Gasteiger partial charge in [0.05, 0.1) is 17.4 Å². The van der Waals surface area contributed by atoms with Crippen LogP contribution in [0.3, 0.4) is 0 Å². The predicted molar refractivity (Wildman–Crippen MR) is 99.1 cm³/mol. The second kappa shape index (κ2) is 5.64. The van der Waals surface area contributed by atoms with Crippen LogP contribution in [0, 0.1) is 0 Å². The van der Waals surface area contributed by atoms with Crippen molar-refractivity contribution in [1.29, 1.82) is 0 Å². The molecule has 0 aliphatic rings. The third-order valence-electron chi connectivity index (χ3n) is 3.89. The zero-order valence-electron chi connectivity index (χ0n) is 13.0. The van der Waals surface area contributed by atoms with Crippen LogP contribution in [-0.2, 0) is 0 Å². The molecule has 0 aliphatic carbocycles. The van der Waals surface area contributed by atoms with Crippen LogP contribution < -0.4 is 5.32 Å². The van der Waals surface area contributed by atoms with Gasteiger partial charge in [0.15, 0.2) is 5.13 Å². The summed E-state index contributed by atoms with van der Waals surface area (Å²) in [6, 6.07) is 13.9. The molecule has 4 aromatic heterocycles. The Bertz CT molecular complexity index is 1190. The van der Waals surface area contributed by atoms with E-state index < -0.39 is 0 Å². The van der Waals surface area contributed by atoms with E-state index in [-0.39, 0.29) is 0 Å². The molecule has 0 bridgehead atoms. The molecule has 1 aromatic carbocycles. The number of hydrogen-bond acceptors (Lipinski definition) is 6. The summed E-state index contributed by atoms with van der Waals surface area (Å²) >= 11 is 1.53. The first-order valence-electron chi connectivity index (χ1n) is 7.74. The van der Waals surface area contributed by atoms with Crippen LogP contribution in [0.15, 0.2) is 66.4 Å². The molecule has 5 rings (SSSR count). The number of nitrogens with one attached hydrogen (secondary N) is 1. The van der Waals surface area contributed by atoms with Gasteiger partial charge in [-0.2, -0.15) is 0 Å². The fourth-order valence-corrected chi connectivity index (χ4v) is 3.42. The third-order valence-corrected chi connectivity index (χ3v) is 4.65. The van der Waals surface area contributed by atoms with E-state index in [0.717, 1.165) is 33.2 Å². The quantitative estimate of drug-likeness (QED) is 0.533. The fourth-order valence-electron chi connectivity index (χ4n) is 2.71. The molecule has 0 unspecified atom stereocenters. The summed E-state index contributed by atoms with van der Waals surface area (Å²) in [7, 11) is 0. The summed E-state index contributed by atoms with van der Waals surface area (Å²) in [5.41, 5.74) is 2.73. The summed E-state index contributed by atoms with van der Waals surface area (Å²) in [4.78, 5) is 17.8.